The Labute approximate surface area is 143 Å². The smallest absolute Gasteiger partial charge is 0.322 e. The zero-order chi connectivity index (χ0) is 17.9. The largest absolute Gasteiger partial charge is 0.493 e. The zero-order valence-electron chi connectivity index (χ0n) is 14.6. The van der Waals surface area contributed by atoms with Gasteiger partial charge >= 0.3 is 5.97 Å². The van der Waals surface area contributed by atoms with E-state index < -0.39 is 6.04 Å². The van der Waals surface area contributed by atoms with Crippen LogP contribution in [0.2, 0.25) is 0 Å². The van der Waals surface area contributed by atoms with E-state index in [9.17, 15) is 4.79 Å². The first-order chi connectivity index (χ1) is 11.5. The van der Waals surface area contributed by atoms with Crippen molar-refractivity contribution in [1.29, 1.82) is 0 Å². The summed E-state index contributed by atoms with van der Waals surface area (Å²) in [4.78, 5) is 10.4. The van der Waals surface area contributed by atoms with Gasteiger partial charge in [-0.1, -0.05) is 42.5 Å². The molecule has 0 aromatic heterocycles. The Morgan fingerprint density at radius 1 is 1.04 bits per heavy atom. The van der Waals surface area contributed by atoms with Gasteiger partial charge in [-0.3, -0.25) is 4.79 Å². The molecular weight excluding hydrogens is 306 g/mol. The van der Waals surface area contributed by atoms with Gasteiger partial charge < -0.3 is 19.9 Å². The van der Waals surface area contributed by atoms with Gasteiger partial charge in [0.2, 0.25) is 0 Å². The van der Waals surface area contributed by atoms with Crippen molar-refractivity contribution in [3.05, 3.63) is 48.5 Å². The molecule has 0 aliphatic heterocycles. The highest BCUT2D eigenvalue weighted by Gasteiger charge is 2.10. The predicted octanol–water partition coefficient (Wildman–Crippen LogP) is 3.27. The van der Waals surface area contributed by atoms with E-state index in [1.165, 1.54) is 0 Å². The second kappa shape index (κ2) is 10.3. The number of carbonyl (C=O) groups is 1. The first-order valence-corrected chi connectivity index (χ1v) is 7.73. The summed E-state index contributed by atoms with van der Waals surface area (Å²) in [5.74, 6) is 1.19. The fraction of sp³-hybridized carbons (Fsp3) is 0.316. The highest BCUT2D eigenvalue weighted by atomic mass is 16.5. The van der Waals surface area contributed by atoms with Gasteiger partial charge in [-0.15, -0.1) is 0 Å². The van der Waals surface area contributed by atoms with E-state index in [-0.39, 0.29) is 5.97 Å². The van der Waals surface area contributed by atoms with Crippen LogP contribution in [0, 0.1) is 0 Å². The van der Waals surface area contributed by atoms with Crippen molar-refractivity contribution in [3.8, 4) is 22.6 Å². The number of esters is 1. The summed E-state index contributed by atoms with van der Waals surface area (Å²) in [5.41, 5.74) is 7.31. The predicted molar refractivity (Wildman–Crippen MR) is 95.3 cm³/mol. The summed E-state index contributed by atoms with van der Waals surface area (Å²) in [6.45, 7) is 3.75. The number of carbonyl (C=O) groups excluding carboxylic acids is 1. The standard InChI is InChI=1S/C14H14O2.C5H11NO2/c1-15-13-10-6-9-12(14(13)16-2)11-7-4-3-5-8-11;1-3-8-5(7)4(2)6/h3-10H,1-2H3;4H,3,6H2,1-2H3. The lowest BCUT2D eigenvalue weighted by molar-refractivity contribution is -0.144. The molecule has 2 rings (SSSR count). The quantitative estimate of drug-likeness (QED) is 0.852. The number of para-hydroxylation sites is 1. The Balaban J connectivity index is 0.000000307. The molecule has 2 aromatic carbocycles. The van der Waals surface area contributed by atoms with Crippen molar-refractivity contribution < 1.29 is 19.0 Å². The first-order valence-electron chi connectivity index (χ1n) is 7.73. The molecule has 0 heterocycles. The average molecular weight is 331 g/mol. The molecule has 0 bridgehead atoms. The summed E-state index contributed by atoms with van der Waals surface area (Å²) in [5, 5.41) is 0. The minimum atomic E-state index is -0.491. The molecular formula is C19H25NO4. The normalized spacial score (nSPS) is 10.9. The number of methoxy groups -OCH3 is 2. The van der Waals surface area contributed by atoms with Gasteiger partial charge in [-0.2, -0.15) is 0 Å². The highest BCUT2D eigenvalue weighted by molar-refractivity contribution is 5.75. The third-order valence-corrected chi connectivity index (χ3v) is 3.15. The number of nitrogens with two attached hydrogens (primary N) is 1. The molecule has 1 atom stereocenters. The summed E-state index contributed by atoms with van der Waals surface area (Å²) in [6.07, 6.45) is 0. The van der Waals surface area contributed by atoms with E-state index >= 15 is 0 Å². The van der Waals surface area contributed by atoms with Crippen LogP contribution in [-0.4, -0.2) is 32.8 Å². The van der Waals surface area contributed by atoms with Crippen molar-refractivity contribution in [2.24, 2.45) is 5.73 Å². The van der Waals surface area contributed by atoms with Crippen LogP contribution in [0.15, 0.2) is 48.5 Å². The monoisotopic (exact) mass is 331 g/mol. The molecule has 0 saturated heterocycles. The van der Waals surface area contributed by atoms with Gasteiger partial charge in [0, 0.05) is 5.56 Å². The third kappa shape index (κ3) is 5.59. The van der Waals surface area contributed by atoms with Crippen LogP contribution >= 0.6 is 0 Å². The molecule has 1 unspecified atom stereocenters. The molecule has 130 valence electrons. The van der Waals surface area contributed by atoms with Gasteiger partial charge in [-0.05, 0) is 25.5 Å². The summed E-state index contributed by atoms with van der Waals surface area (Å²) < 4.78 is 15.2. The van der Waals surface area contributed by atoms with Crippen molar-refractivity contribution in [2.45, 2.75) is 19.9 Å². The molecule has 5 heteroatoms. The minimum absolute atomic E-state index is 0.340. The Bertz CT molecular complexity index is 627. The summed E-state index contributed by atoms with van der Waals surface area (Å²) >= 11 is 0. The first kappa shape index (κ1) is 19.5. The van der Waals surface area contributed by atoms with E-state index in [0.717, 1.165) is 22.6 Å². The molecule has 0 aliphatic carbocycles. The maximum absolute atomic E-state index is 10.4. The molecule has 0 radical (unpaired) electrons. The number of ether oxygens (including phenoxy) is 3. The second-order valence-electron chi connectivity index (χ2n) is 4.95. The van der Waals surface area contributed by atoms with E-state index in [0.29, 0.717) is 6.61 Å². The minimum Gasteiger partial charge on any atom is -0.493 e. The Morgan fingerprint density at radius 2 is 1.71 bits per heavy atom. The lowest BCUT2D eigenvalue weighted by atomic mass is 10.0. The second-order valence-corrected chi connectivity index (χ2v) is 4.95. The lowest BCUT2D eigenvalue weighted by Crippen LogP contribution is -2.28. The van der Waals surface area contributed by atoms with Crippen LogP contribution < -0.4 is 15.2 Å². The zero-order valence-corrected chi connectivity index (χ0v) is 14.6. The SMILES string of the molecule is CCOC(=O)C(C)N.COc1cccc(-c2ccccc2)c1OC. The van der Waals surface area contributed by atoms with E-state index in [1.54, 1.807) is 28.1 Å². The third-order valence-electron chi connectivity index (χ3n) is 3.15. The molecule has 0 saturated carbocycles. The van der Waals surface area contributed by atoms with Crippen molar-refractivity contribution >= 4 is 5.97 Å². The molecule has 2 N–H and O–H groups in total. The Kier molecular flexibility index (Phi) is 8.36. The number of hydrogen-bond donors (Lipinski definition) is 1. The van der Waals surface area contributed by atoms with Gasteiger partial charge in [0.05, 0.1) is 20.8 Å². The van der Waals surface area contributed by atoms with Crippen molar-refractivity contribution in [3.63, 3.8) is 0 Å². The maximum Gasteiger partial charge on any atom is 0.322 e. The van der Waals surface area contributed by atoms with Gasteiger partial charge in [0.25, 0.3) is 0 Å². The van der Waals surface area contributed by atoms with Crippen LogP contribution in [-0.2, 0) is 9.53 Å². The molecule has 0 spiro atoms. The number of benzene rings is 2. The van der Waals surface area contributed by atoms with Crippen LogP contribution in [0.3, 0.4) is 0 Å². The van der Waals surface area contributed by atoms with E-state index in [4.69, 9.17) is 15.2 Å². The topological polar surface area (TPSA) is 70.8 Å². The van der Waals surface area contributed by atoms with Gasteiger partial charge in [0.1, 0.15) is 6.04 Å². The Hall–Kier alpha value is -2.53. The van der Waals surface area contributed by atoms with Crippen molar-refractivity contribution in [2.75, 3.05) is 20.8 Å². The van der Waals surface area contributed by atoms with Gasteiger partial charge in [0.15, 0.2) is 11.5 Å². The van der Waals surface area contributed by atoms with Crippen molar-refractivity contribution in [1.82, 2.24) is 0 Å². The molecule has 0 amide bonds. The van der Waals surface area contributed by atoms with Gasteiger partial charge in [-0.25, -0.2) is 0 Å². The maximum atomic E-state index is 10.4. The van der Waals surface area contributed by atoms with Crippen LogP contribution in [0.4, 0.5) is 0 Å². The number of hydrogen-bond acceptors (Lipinski definition) is 5. The highest BCUT2D eigenvalue weighted by Crippen LogP contribution is 2.37. The fourth-order valence-corrected chi connectivity index (χ4v) is 2.01. The molecule has 0 aliphatic rings. The van der Waals surface area contributed by atoms with Crippen LogP contribution in [0.5, 0.6) is 11.5 Å². The molecule has 0 fully saturated rings. The van der Waals surface area contributed by atoms with Crippen LogP contribution in [0.25, 0.3) is 11.1 Å². The lowest BCUT2D eigenvalue weighted by Gasteiger charge is -2.12. The van der Waals surface area contributed by atoms with E-state index in [1.807, 2.05) is 36.4 Å². The molecule has 5 nitrogen and oxygen atoms in total. The molecule has 2 aromatic rings. The fourth-order valence-electron chi connectivity index (χ4n) is 2.01. The average Bonchev–Trinajstić information content (AvgIpc) is 2.62. The summed E-state index contributed by atoms with van der Waals surface area (Å²) in [6, 6.07) is 15.5. The number of rotatable bonds is 5. The van der Waals surface area contributed by atoms with Crippen LogP contribution in [0.1, 0.15) is 13.8 Å². The Morgan fingerprint density at radius 3 is 2.17 bits per heavy atom. The summed E-state index contributed by atoms with van der Waals surface area (Å²) in [7, 11) is 3.30. The van der Waals surface area contributed by atoms with E-state index in [2.05, 4.69) is 16.9 Å². The molecule has 24 heavy (non-hydrogen) atoms.